The molecule has 1 aromatic heterocycles. The zero-order valence-electron chi connectivity index (χ0n) is 10.3. The van der Waals surface area contributed by atoms with E-state index in [0.717, 1.165) is 29.6 Å². The van der Waals surface area contributed by atoms with E-state index in [1.54, 1.807) is 11.5 Å². The third-order valence-electron chi connectivity index (χ3n) is 4.87. The van der Waals surface area contributed by atoms with Crippen molar-refractivity contribution in [2.24, 2.45) is 17.8 Å². The number of anilines is 1. The van der Waals surface area contributed by atoms with Crippen LogP contribution in [0.5, 0.6) is 0 Å². The molecule has 1 aromatic rings. The maximum Gasteiger partial charge on any atom is 0.205 e. The Morgan fingerprint density at radius 2 is 1.76 bits per heavy atom. The third kappa shape index (κ3) is 1.68. The molecule has 2 aliphatic carbocycles. The molecule has 4 fully saturated rings. The minimum Gasteiger partial charge on any atom is -0.344 e. The molecular formula is C13H19N3S. The Morgan fingerprint density at radius 1 is 1.06 bits per heavy atom. The molecular weight excluding hydrogens is 230 g/mol. The van der Waals surface area contributed by atoms with E-state index >= 15 is 0 Å². The predicted octanol–water partition coefficient (Wildman–Crippen LogP) is 2.86. The van der Waals surface area contributed by atoms with Gasteiger partial charge in [0.1, 0.15) is 5.82 Å². The van der Waals surface area contributed by atoms with E-state index in [1.165, 1.54) is 43.8 Å². The van der Waals surface area contributed by atoms with Gasteiger partial charge in [-0.15, -0.1) is 0 Å². The maximum absolute atomic E-state index is 4.61. The van der Waals surface area contributed by atoms with Crippen molar-refractivity contribution in [1.82, 2.24) is 9.36 Å². The molecule has 2 saturated carbocycles. The Labute approximate surface area is 106 Å². The molecule has 2 aliphatic heterocycles. The van der Waals surface area contributed by atoms with Gasteiger partial charge in [0.25, 0.3) is 0 Å². The first-order valence-corrected chi connectivity index (χ1v) is 7.62. The molecule has 4 bridgehead atoms. The highest BCUT2D eigenvalue weighted by Crippen LogP contribution is 2.48. The van der Waals surface area contributed by atoms with Gasteiger partial charge in [0.15, 0.2) is 0 Å². The van der Waals surface area contributed by atoms with Gasteiger partial charge in [-0.1, -0.05) is 0 Å². The quantitative estimate of drug-likeness (QED) is 0.766. The molecule has 92 valence electrons. The van der Waals surface area contributed by atoms with E-state index < -0.39 is 0 Å². The molecule has 0 radical (unpaired) electrons. The number of aromatic nitrogens is 2. The van der Waals surface area contributed by atoms with Crippen LogP contribution in [0.4, 0.5) is 5.13 Å². The normalized spacial score (nSPS) is 39.7. The first-order chi connectivity index (χ1) is 8.28. The number of fused-ring (bicyclic) bond motifs is 1. The van der Waals surface area contributed by atoms with E-state index in [2.05, 4.69) is 14.3 Å². The van der Waals surface area contributed by atoms with Crippen LogP contribution in [0.1, 0.15) is 37.9 Å². The van der Waals surface area contributed by atoms with Crippen LogP contribution in [-0.4, -0.2) is 21.9 Å². The lowest BCUT2D eigenvalue weighted by Gasteiger charge is -2.38. The first-order valence-electron chi connectivity index (χ1n) is 6.85. The summed E-state index contributed by atoms with van der Waals surface area (Å²) >= 11 is 1.60. The van der Waals surface area contributed by atoms with Crippen molar-refractivity contribution in [2.75, 3.05) is 11.4 Å². The van der Waals surface area contributed by atoms with Crippen molar-refractivity contribution in [3.05, 3.63) is 5.82 Å². The van der Waals surface area contributed by atoms with E-state index in [9.17, 15) is 0 Å². The molecule has 17 heavy (non-hydrogen) atoms. The number of hydrogen-bond acceptors (Lipinski definition) is 4. The van der Waals surface area contributed by atoms with Crippen molar-refractivity contribution in [2.45, 2.75) is 45.1 Å². The van der Waals surface area contributed by atoms with Crippen LogP contribution in [0, 0.1) is 24.7 Å². The Bertz CT molecular complexity index is 416. The van der Waals surface area contributed by atoms with Gasteiger partial charge in [-0.25, -0.2) is 4.98 Å². The molecule has 0 spiro atoms. The SMILES string of the molecule is Cc1nsc(N2CC3CC4CC(C3)CC2C4)n1. The number of hydrogen-bond donors (Lipinski definition) is 0. The van der Waals surface area contributed by atoms with Gasteiger partial charge in [-0.2, -0.15) is 4.37 Å². The van der Waals surface area contributed by atoms with Crippen LogP contribution < -0.4 is 4.90 Å². The van der Waals surface area contributed by atoms with Gasteiger partial charge in [0.2, 0.25) is 5.13 Å². The Hall–Kier alpha value is -0.640. The monoisotopic (exact) mass is 249 g/mol. The molecule has 0 aromatic carbocycles. The molecule has 2 atom stereocenters. The molecule has 2 unspecified atom stereocenters. The molecule has 0 amide bonds. The maximum atomic E-state index is 4.61. The lowest BCUT2D eigenvalue weighted by Crippen LogP contribution is -2.38. The van der Waals surface area contributed by atoms with E-state index in [0.29, 0.717) is 0 Å². The van der Waals surface area contributed by atoms with Gasteiger partial charge in [0, 0.05) is 24.1 Å². The molecule has 3 nitrogen and oxygen atoms in total. The summed E-state index contributed by atoms with van der Waals surface area (Å²) in [5.41, 5.74) is 0. The van der Waals surface area contributed by atoms with Crippen molar-refractivity contribution >= 4 is 16.7 Å². The fourth-order valence-corrected chi connectivity index (χ4v) is 5.18. The van der Waals surface area contributed by atoms with Crippen molar-refractivity contribution in [3.8, 4) is 0 Å². The van der Waals surface area contributed by atoms with E-state index in [4.69, 9.17) is 0 Å². The second-order valence-electron chi connectivity index (χ2n) is 6.21. The summed E-state index contributed by atoms with van der Waals surface area (Å²) in [5, 5.41) is 1.18. The molecule has 4 heteroatoms. The second kappa shape index (κ2) is 3.67. The fraction of sp³-hybridized carbons (Fsp3) is 0.846. The minimum atomic E-state index is 0.763. The van der Waals surface area contributed by atoms with Crippen LogP contribution in [-0.2, 0) is 0 Å². The van der Waals surface area contributed by atoms with Gasteiger partial charge < -0.3 is 4.90 Å². The number of aryl methyl sites for hydroxylation is 1. The van der Waals surface area contributed by atoms with Gasteiger partial charge in [-0.3, -0.25) is 0 Å². The van der Waals surface area contributed by atoms with Crippen molar-refractivity contribution in [3.63, 3.8) is 0 Å². The van der Waals surface area contributed by atoms with Crippen LogP contribution in [0.15, 0.2) is 0 Å². The largest absolute Gasteiger partial charge is 0.344 e. The summed E-state index contributed by atoms with van der Waals surface area (Å²) in [7, 11) is 0. The Kier molecular flexibility index (Phi) is 2.23. The summed E-state index contributed by atoms with van der Waals surface area (Å²) in [6, 6.07) is 0.763. The van der Waals surface area contributed by atoms with Gasteiger partial charge in [-0.05, 0) is 56.8 Å². The predicted molar refractivity (Wildman–Crippen MR) is 69.3 cm³/mol. The van der Waals surface area contributed by atoms with Crippen LogP contribution in [0.25, 0.3) is 0 Å². The summed E-state index contributed by atoms with van der Waals surface area (Å²) in [5.74, 6) is 3.89. The Morgan fingerprint density at radius 3 is 2.41 bits per heavy atom. The van der Waals surface area contributed by atoms with Crippen molar-refractivity contribution < 1.29 is 0 Å². The van der Waals surface area contributed by atoms with Crippen molar-refractivity contribution in [1.29, 1.82) is 0 Å². The van der Waals surface area contributed by atoms with E-state index in [1.807, 2.05) is 6.92 Å². The number of nitrogens with zero attached hydrogens (tertiary/aromatic N) is 3. The third-order valence-corrected chi connectivity index (χ3v) is 5.71. The first kappa shape index (κ1) is 10.3. The van der Waals surface area contributed by atoms with Crippen LogP contribution in [0.2, 0.25) is 0 Å². The van der Waals surface area contributed by atoms with Crippen LogP contribution in [0.3, 0.4) is 0 Å². The zero-order valence-corrected chi connectivity index (χ0v) is 11.1. The average molecular weight is 249 g/mol. The highest BCUT2D eigenvalue weighted by atomic mass is 32.1. The minimum absolute atomic E-state index is 0.763. The lowest BCUT2D eigenvalue weighted by molar-refractivity contribution is 0.157. The highest BCUT2D eigenvalue weighted by Gasteiger charge is 2.43. The zero-order chi connectivity index (χ0) is 11.4. The summed E-state index contributed by atoms with van der Waals surface area (Å²) < 4.78 is 4.36. The average Bonchev–Trinajstić information content (AvgIpc) is 2.61. The number of rotatable bonds is 1. The second-order valence-corrected chi connectivity index (χ2v) is 6.94. The Balaban J connectivity index is 1.68. The molecule has 2 saturated heterocycles. The van der Waals surface area contributed by atoms with E-state index in [-0.39, 0.29) is 0 Å². The molecule has 4 aliphatic rings. The van der Waals surface area contributed by atoms with Gasteiger partial charge >= 0.3 is 0 Å². The lowest BCUT2D eigenvalue weighted by atomic mass is 9.68. The molecule has 3 heterocycles. The fourth-order valence-electron chi connectivity index (χ4n) is 4.42. The van der Waals surface area contributed by atoms with Gasteiger partial charge in [0.05, 0.1) is 0 Å². The molecule has 5 rings (SSSR count). The van der Waals surface area contributed by atoms with Crippen LogP contribution >= 0.6 is 11.5 Å². The summed E-state index contributed by atoms with van der Waals surface area (Å²) in [6.07, 6.45) is 7.27. The smallest absolute Gasteiger partial charge is 0.205 e. The highest BCUT2D eigenvalue weighted by molar-refractivity contribution is 7.09. The standard InChI is InChI=1S/C13H19N3S/c1-8-14-13(17-15-8)16-7-11-3-9-2-10(4-11)6-12(16)5-9/h9-12H,2-7H2,1H3. The molecule has 0 N–H and O–H groups in total. The topological polar surface area (TPSA) is 29.0 Å². The summed E-state index contributed by atoms with van der Waals surface area (Å²) in [4.78, 5) is 7.20. The summed E-state index contributed by atoms with van der Waals surface area (Å²) in [6.45, 7) is 3.24.